The second kappa shape index (κ2) is 6.10. The number of carbonyl (C=O) groups is 1. The maximum absolute atomic E-state index is 12.0. The third-order valence-corrected chi connectivity index (χ3v) is 3.32. The minimum absolute atomic E-state index is 0.114. The van der Waals surface area contributed by atoms with Gasteiger partial charge in [-0.15, -0.1) is 0 Å². The van der Waals surface area contributed by atoms with Crippen molar-refractivity contribution in [1.82, 2.24) is 4.90 Å². The molecule has 1 amide bonds. The highest BCUT2D eigenvalue weighted by molar-refractivity contribution is 5.81. The Balaban J connectivity index is 1.89. The van der Waals surface area contributed by atoms with Crippen LogP contribution >= 0.6 is 0 Å². The van der Waals surface area contributed by atoms with Gasteiger partial charge in [-0.25, -0.2) is 0 Å². The van der Waals surface area contributed by atoms with Crippen molar-refractivity contribution in [3.63, 3.8) is 0 Å². The summed E-state index contributed by atoms with van der Waals surface area (Å²) in [4.78, 5) is 13.9. The number of rotatable bonds is 3. The van der Waals surface area contributed by atoms with Crippen LogP contribution < -0.4 is 11.1 Å². The van der Waals surface area contributed by atoms with Crippen molar-refractivity contribution in [2.24, 2.45) is 0 Å². The Kier molecular flexibility index (Phi) is 4.24. The second-order valence-corrected chi connectivity index (χ2v) is 4.71. The average Bonchev–Trinajstić information content (AvgIpc) is 2.46. The van der Waals surface area contributed by atoms with E-state index in [1.54, 1.807) is 18.2 Å². The first-order valence-corrected chi connectivity index (χ1v) is 6.52. The highest BCUT2D eigenvalue weighted by Gasteiger charge is 2.15. The Labute approximate surface area is 113 Å². The van der Waals surface area contributed by atoms with E-state index in [1.807, 2.05) is 11.0 Å². The fourth-order valence-corrected chi connectivity index (χ4v) is 2.21. The molecule has 0 unspecified atom stereocenters. The van der Waals surface area contributed by atoms with E-state index in [4.69, 9.17) is 11.0 Å². The van der Waals surface area contributed by atoms with Crippen molar-refractivity contribution < 1.29 is 4.79 Å². The largest absolute Gasteiger partial charge is 0.398 e. The summed E-state index contributed by atoms with van der Waals surface area (Å²) in [5, 5.41) is 11.8. The van der Waals surface area contributed by atoms with E-state index in [1.165, 1.54) is 6.42 Å². The molecule has 5 heteroatoms. The van der Waals surface area contributed by atoms with Crippen LogP contribution in [0.15, 0.2) is 18.2 Å². The summed E-state index contributed by atoms with van der Waals surface area (Å²) in [6.07, 6.45) is 3.40. The number of nitrogens with zero attached hydrogens (tertiary/aromatic N) is 2. The van der Waals surface area contributed by atoms with Gasteiger partial charge in [-0.3, -0.25) is 4.79 Å². The van der Waals surface area contributed by atoms with Gasteiger partial charge in [0, 0.05) is 18.8 Å². The van der Waals surface area contributed by atoms with E-state index in [9.17, 15) is 4.79 Å². The van der Waals surface area contributed by atoms with E-state index in [0.717, 1.165) is 31.6 Å². The van der Waals surface area contributed by atoms with Crippen molar-refractivity contribution in [3.05, 3.63) is 23.8 Å². The zero-order valence-corrected chi connectivity index (χ0v) is 10.9. The van der Waals surface area contributed by atoms with E-state index in [2.05, 4.69) is 5.32 Å². The van der Waals surface area contributed by atoms with Crippen LogP contribution in [0.4, 0.5) is 11.4 Å². The van der Waals surface area contributed by atoms with Crippen molar-refractivity contribution in [1.29, 1.82) is 5.26 Å². The monoisotopic (exact) mass is 258 g/mol. The number of likely N-dealkylation sites (tertiary alicyclic amines) is 1. The first-order valence-electron chi connectivity index (χ1n) is 6.52. The van der Waals surface area contributed by atoms with Crippen LogP contribution in [-0.4, -0.2) is 30.4 Å². The molecule has 3 N–H and O–H groups in total. The number of nitrogens with one attached hydrogen (secondary N) is 1. The summed E-state index contributed by atoms with van der Waals surface area (Å²) < 4.78 is 0. The second-order valence-electron chi connectivity index (χ2n) is 4.71. The van der Waals surface area contributed by atoms with E-state index in [0.29, 0.717) is 11.3 Å². The van der Waals surface area contributed by atoms with Crippen LogP contribution in [0, 0.1) is 11.3 Å². The summed E-state index contributed by atoms with van der Waals surface area (Å²) in [6.45, 7) is 1.98. The fraction of sp³-hybridized carbons (Fsp3) is 0.429. The number of amides is 1. The zero-order chi connectivity index (χ0) is 13.7. The highest BCUT2D eigenvalue weighted by Crippen LogP contribution is 2.17. The minimum Gasteiger partial charge on any atom is -0.398 e. The summed E-state index contributed by atoms with van der Waals surface area (Å²) in [5.41, 5.74) is 7.37. The Morgan fingerprint density at radius 2 is 2.11 bits per heavy atom. The minimum atomic E-state index is 0.114. The van der Waals surface area contributed by atoms with Crippen LogP contribution in [0.25, 0.3) is 0 Å². The third kappa shape index (κ3) is 3.38. The van der Waals surface area contributed by atoms with Gasteiger partial charge >= 0.3 is 0 Å². The molecule has 0 spiro atoms. The molecule has 2 rings (SSSR count). The van der Waals surface area contributed by atoms with Crippen LogP contribution in [0.5, 0.6) is 0 Å². The number of anilines is 2. The molecule has 0 atom stereocenters. The molecular formula is C14H18N4O. The Bertz CT molecular complexity index is 501. The number of carbonyl (C=O) groups excluding carboxylic acids is 1. The predicted molar refractivity (Wildman–Crippen MR) is 74.5 cm³/mol. The van der Waals surface area contributed by atoms with E-state index < -0.39 is 0 Å². The molecule has 0 bridgehead atoms. The first-order chi connectivity index (χ1) is 9.20. The molecule has 1 saturated heterocycles. The molecule has 0 radical (unpaired) electrons. The Hall–Kier alpha value is -2.22. The lowest BCUT2D eigenvalue weighted by molar-refractivity contribution is -0.130. The molecule has 1 fully saturated rings. The van der Waals surface area contributed by atoms with Gasteiger partial charge in [0.2, 0.25) is 5.91 Å². The van der Waals surface area contributed by atoms with Crippen LogP contribution in [-0.2, 0) is 4.79 Å². The number of piperidine rings is 1. The third-order valence-electron chi connectivity index (χ3n) is 3.32. The zero-order valence-electron chi connectivity index (χ0n) is 10.9. The van der Waals surface area contributed by atoms with Gasteiger partial charge in [-0.05, 0) is 37.5 Å². The fourth-order valence-electron chi connectivity index (χ4n) is 2.21. The molecule has 0 aliphatic carbocycles. The molecule has 100 valence electrons. The Morgan fingerprint density at radius 3 is 2.74 bits per heavy atom. The molecular weight excluding hydrogens is 240 g/mol. The lowest BCUT2D eigenvalue weighted by atomic mass is 10.1. The first kappa shape index (κ1) is 13.2. The molecule has 1 aromatic rings. The van der Waals surface area contributed by atoms with Crippen molar-refractivity contribution in [3.8, 4) is 6.07 Å². The maximum Gasteiger partial charge on any atom is 0.241 e. The normalized spacial score (nSPS) is 14.8. The van der Waals surface area contributed by atoms with E-state index in [-0.39, 0.29) is 12.5 Å². The van der Waals surface area contributed by atoms with Crippen LogP contribution in [0.3, 0.4) is 0 Å². The maximum atomic E-state index is 12.0. The van der Waals surface area contributed by atoms with Gasteiger partial charge in [-0.2, -0.15) is 5.26 Å². The number of hydrogen-bond donors (Lipinski definition) is 2. The Morgan fingerprint density at radius 1 is 1.37 bits per heavy atom. The standard InChI is InChI=1S/C14H18N4O/c15-9-11-4-5-12(8-13(11)16)17-10-14(19)18-6-2-1-3-7-18/h4-5,8,17H,1-3,6-7,10,16H2. The van der Waals surface area contributed by atoms with Crippen molar-refractivity contribution in [2.75, 3.05) is 30.7 Å². The quantitative estimate of drug-likeness (QED) is 0.806. The number of nitrogens with two attached hydrogens (primary N) is 1. The average molecular weight is 258 g/mol. The molecule has 19 heavy (non-hydrogen) atoms. The van der Waals surface area contributed by atoms with E-state index >= 15 is 0 Å². The summed E-state index contributed by atoms with van der Waals surface area (Å²) >= 11 is 0. The van der Waals surface area contributed by atoms with Crippen LogP contribution in [0.1, 0.15) is 24.8 Å². The molecule has 1 aliphatic rings. The molecule has 0 aromatic heterocycles. The number of benzene rings is 1. The lowest BCUT2D eigenvalue weighted by Crippen LogP contribution is -2.39. The lowest BCUT2D eigenvalue weighted by Gasteiger charge is -2.26. The molecule has 0 saturated carbocycles. The molecule has 1 aliphatic heterocycles. The van der Waals surface area contributed by atoms with Gasteiger partial charge in [0.15, 0.2) is 0 Å². The predicted octanol–water partition coefficient (Wildman–Crippen LogP) is 1.56. The highest BCUT2D eigenvalue weighted by atomic mass is 16.2. The van der Waals surface area contributed by atoms with Gasteiger partial charge in [0.1, 0.15) is 6.07 Å². The smallest absolute Gasteiger partial charge is 0.241 e. The topological polar surface area (TPSA) is 82.2 Å². The van der Waals surface area contributed by atoms with Gasteiger partial charge in [-0.1, -0.05) is 0 Å². The summed E-state index contributed by atoms with van der Waals surface area (Å²) in [7, 11) is 0. The number of hydrogen-bond acceptors (Lipinski definition) is 4. The SMILES string of the molecule is N#Cc1ccc(NCC(=O)N2CCCCC2)cc1N. The van der Waals surface area contributed by atoms with Gasteiger partial charge in [0.05, 0.1) is 17.8 Å². The van der Waals surface area contributed by atoms with Gasteiger partial charge < -0.3 is 16.0 Å². The molecule has 5 nitrogen and oxygen atoms in total. The van der Waals surface area contributed by atoms with Crippen LogP contribution in [0.2, 0.25) is 0 Å². The number of nitriles is 1. The number of nitrogen functional groups attached to an aromatic ring is 1. The van der Waals surface area contributed by atoms with Crippen molar-refractivity contribution in [2.45, 2.75) is 19.3 Å². The van der Waals surface area contributed by atoms with Gasteiger partial charge in [0.25, 0.3) is 0 Å². The molecule has 1 aromatic carbocycles. The summed E-state index contributed by atoms with van der Waals surface area (Å²) in [5.74, 6) is 0.114. The van der Waals surface area contributed by atoms with Crippen molar-refractivity contribution >= 4 is 17.3 Å². The molecule has 1 heterocycles. The summed E-state index contributed by atoms with van der Waals surface area (Å²) in [6, 6.07) is 7.11.